The van der Waals surface area contributed by atoms with Crippen molar-refractivity contribution in [2.24, 2.45) is 0 Å². The topological polar surface area (TPSA) is 0 Å². The second kappa shape index (κ2) is 3.33. The zero-order valence-corrected chi connectivity index (χ0v) is 7.18. The highest BCUT2D eigenvalue weighted by Gasteiger charge is 2.16. The van der Waals surface area contributed by atoms with Crippen LogP contribution in [0.4, 0.5) is 13.2 Å². The summed E-state index contributed by atoms with van der Waals surface area (Å²) in [5.74, 6) is -0.848. The molecule has 0 N–H and O–H groups in total. The third kappa shape index (κ3) is 1.35. The molecule has 72 valence electrons. The van der Waals surface area contributed by atoms with E-state index in [-0.39, 0.29) is 5.39 Å². The van der Waals surface area contributed by atoms with Crippen molar-refractivity contribution >= 4 is 10.8 Å². The van der Waals surface area contributed by atoms with Crippen molar-refractivity contribution in [1.29, 1.82) is 0 Å². The van der Waals surface area contributed by atoms with Crippen LogP contribution in [0.3, 0.4) is 0 Å². The Morgan fingerprint density at radius 3 is 2.36 bits per heavy atom. The van der Waals surface area contributed by atoms with Crippen LogP contribution in [0.15, 0.2) is 36.4 Å². The van der Waals surface area contributed by atoms with Crippen molar-refractivity contribution in [2.75, 3.05) is 0 Å². The first-order valence-corrected chi connectivity index (χ1v) is 4.15. The summed E-state index contributed by atoms with van der Waals surface area (Å²) in [6, 6.07) is 9.10. The first-order chi connectivity index (χ1) is 6.70. The number of alkyl halides is 2. The Balaban J connectivity index is 2.83. The van der Waals surface area contributed by atoms with Crippen LogP contribution in [0.2, 0.25) is 0 Å². The summed E-state index contributed by atoms with van der Waals surface area (Å²) in [7, 11) is 0. The molecule has 2 aromatic carbocycles. The molecule has 0 atom stereocenters. The normalized spacial score (nSPS) is 11.1. The van der Waals surface area contributed by atoms with E-state index in [2.05, 4.69) is 0 Å². The molecule has 0 saturated carbocycles. The van der Waals surface area contributed by atoms with E-state index >= 15 is 0 Å². The van der Waals surface area contributed by atoms with Crippen LogP contribution in [0, 0.1) is 5.82 Å². The van der Waals surface area contributed by atoms with Gasteiger partial charge in [0.1, 0.15) is 5.82 Å². The van der Waals surface area contributed by atoms with Gasteiger partial charge in [0, 0.05) is 0 Å². The fourth-order valence-electron chi connectivity index (χ4n) is 1.49. The minimum atomic E-state index is -2.78. The molecule has 0 aliphatic carbocycles. The van der Waals surface area contributed by atoms with Crippen molar-refractivity contribution in [1.82, 2.24) is 0 Å². The molecule has 0 heterocycles. The van der Waals surface area contributed by atoms with E-state index in [1.807, 2.05) is 0 Å². The minimum absolute atomic E-state index is 0.280. The van der Waals surface area contributed by atoms with Gasteiger partial charge in [0.2, 0.25) is 0 Å². The molecule has 2 aromatic rings. The van der Waals surface area contributed by atoms with Gasteiger partial charge in [-0.05, 0) is 16.8 Å². The van der Waals surface area contributed by atoms with Crippen LogP contribution in [0.5, 0.6) is 0 Å². The summed E-state index contributed by atoms with van der Waals surface area (Å²) in [5, 5.41) is 0.909. The van der Waals surface area contributed by atoms with Crippen LogP contribution in [0.1, 0.15) is 12.0 Å². The van der Waals surface area contributed by atoms with Crippen molar-refractivity contribution in [2.45, 2.75) is 6.43 Å². The maximum Gasteiger partial charge on any atom is 0.267 e. The SMILES string of the molecule is Fc1ccc2ccccc2c1C(F)F. The molecule has 0 aliphatic rings. The molecule has 3 heteroatoms. The van der Waals surface area contributed by atoms with Crippen molar-refractivity contribution in [3.63, 3.8) is 0 Å². The molecule has 0 aliphatic heterocycles. The Labute approximate surface area is 79.0 Å². The second-order valence-corrected chi connectivity index (χ2v) is 2.98. The number of hydrogen-bond donors (Lipinski definition) is 0. The van der Waals surface area contributed by atoms with Crippen molar-refractivity contribution < 1.29 is 13.2 Å². The Kier molecular flexibility index (Phi) is 2.15. The van der Waals surface area contributed by atoms with Gasteiger partial charge in [-0.3, -0.25) is 0 Å². The first kappa shape index (κ1) is 9.06. The zero-order chi connectivity index (χ0) is 10.1. The van der Waals surface area contributed by atoms with Gasteiger partial charge in [-0.15, -0.1) is 0 Å². The van der Waals surface area contributed by atoms with E-state index in [1.165, 1.54) is 12.1 Å². The standard InChI is InChI=1S/C11H7F3/c12-9-6-5-7-3-1-2-4-8(7)10(9)11(13)14/h1-6,11H. The van der Waals surface area contributed by atoms with E-state index < -0.39 is 17.8 Å². The van der Waals surface area contributed by atoms with Gasteiger partial charge in [0.05, 0.1) is 5.56 Å². The summed E-state index contributed by atoms with van der Waals surface area (Å²) in [6.45, 7) is 0. The lowest BCUT2D eigenvalue weighted by molar-refractivity contribution is 0.148. The van der Waals surface area contributed by atoms with E-state index in [0.29, 0.717) is 5.39 Å². The molecule has 0 saturated heterocycles. The van der Waals surface area contributed by atoms with Crippen LogP contribution < -0.4 is 0 Å². The van der Waals surface area contributed by atoms with E-state index in [1.54, 1.807) is 18.2 Å². The van der Waals surface area contributed by atoms with Crippen LogP contribution in [-0.4, -0.2) is 0 Å². The summed E-state index contributed by atoms with van der Waals surface area (Å²) in [4.78, 5) is 0. The lowest BCUT2D eigenvalue weighted by Crippen LogP contribution is -1.92. The molecule has 0 bridgehead atoms. The fourth-order valence-corrected chi connectivity index (χ4v) is 1.49. The third-order valence-electron chi connectivity index (χ3n) is 2.14. The number of fused-ring (bicyclic) bond motifs is 1. The average Bonchev–Trinajstić information content (AvgIpc) is 2.17. The van der Waals surface area contributed by atoms with Crippen LogP contribution >= 0.6 is 0 Å². The summed E-state index contributed by atoms with van der Waals surface area (Å²) < 4.78 is 38.1. The molecule has 2 rings (SSSR count). The predicted octanol–water partition coefficient (Wildman–Crippen LogP) is 3.92. The largest absolute Gasteiger partial charge is 0.267 e. The van der Waals surface area contributed by atoms with E-state index in [9.17, 15) is 13.2 Å². The van der Waals surface area contributed by atoms with Crippen molar-refractivity contribution in [3.8, 4) is 0 Å². The van der Waals surface area contributed by atoms with E-state index in [0.717, 1.165) is 6.07 Å². The number of hydrogen-bond acceptors (Lipinski definition) is 0. The van der Waals surface area contributed by atoms with Gasteiger partial charge >= 0.3 is 0 Å². The van der Waals surface area contributed by atoms with Gasteiger partial charge in [-0.1, -0.05) is 30.3 Å². The third-order valence-corrected chi connectivity index (χ3v) is 2.14. The fraction of sp³-hybridized carbons (Fsp3) is 0.0909. The van der Waals surface area contributed by atoms with Crippen LogP contribution in [-0.2, 0) is 0 Å². The summed E-state index contributed by atoms with van der Waals surface area (Å²) in [5.41, 5.74) is -0.511. The van der Waals surface area contributed by atoms with Gasteiger partial charge < -0.3 is 0 Å². The Hall–Kier alpha value is -1.51. The smallest absolute Gasteiger partial charge is 0.206 e. The van der Waals surface area contributed by atoms with Crippen molar-refractivity contribution in [3.05, 3.63) is 47.8 Å². The molecule has 0 spiro atoms. The lowest BCUT2D eigenvalue weighted by atomic mass is 10.0. The van der Waals surface area contributed by atoms with Crippen LogP contribution in [0.25, 0.3) is 10.8 Å². The highest BCUT2D eigenvalue weighted by molar-refractivity contribution is 5.86. The molecule has 0 radical (unpaired) electrons. The number of rotatable bonds is 1. The molecule has 0 amide bonds. The molecule has 0 fully saturated rings. The first-order valence-electron chi connectivity index (χ1n) is 4.15. The zero-order valence-electron chi connectivity index (χ0n) is 7.18. The summed E-state index contributed by atoms with van der Waals surface area (Å²) in [6.07, 6.45) is -2.78. The van der Waals surface area contributed by atoms with Gasteiger partial charge in [0.25, 0.3) is 6.43 Å². The average molecular weight is 196 g/mol. The number of benzene rings is 2. The molecular weight excluding hydrogens is 189 g/mol. The molecule has 0 unspecified atom stereocenters. The Bertz CT molecular complexity index is 463. The molecule has 14 heavy (non-hydrogen) atoms. The highest BCUT2D eigenvalue weighted by Crippen LogP contribution is 2.29. The Morgan fingerprint density at radius 1 is 0.929 bits per heavy atom. The monoisotopic (exact) mass is 196 g/mol. The lowest BCUT2D eigenvalue weighted by Gasteiger charge is -2.06. The van der Waals surface area contributed by atoms with Gasteiger partial charge in [0.15, 0.2) is 0 Å². The maximum absolute atomic E-state index is 13.1. The number of halogens is 3. The quantitative estimate of drug-likeness (QED) is 0.648. The second-order valence-electron chi connectivity index (χ2n) is 2.98. The van der Waals surface area contributed by atoms with Gasteiger partial charge in [-0.25, -0.2) is 13.2 Å². The molecule has 0 nitrogen and oxygen atoms in total. The minimum Gasteiger partial charge on any atom is -0.206 e. The Morgan fingerprint density at radius 2 is 1.64 bits per heavy atom. The predicted molar refractivity (Wildman–Crippen MR) is 48.9 cm³/mol. The van der Waals surface area contributed by atoms with Gasteiger partial charge in [-0.2, -0.15) is 0 Å². The summed E-state index contributed by atoms with van der Waals surface area (Å²) >= 11 is 0. The maximum atomic E-state index is 13.1. The molecular formula is C11H7F3. The van der Waals surface area contributed by atoms with E-state index in [4.69, 9.17) is 0 Å². The molecule has 0 aromatic heterocycles. The highest BCUT2D eigenvalue weighted by atomic mass is 19.3.